The molecule has 0 rings (SSSR count). The van der Waals surface area contributed by atoms with Crippen molar-refractivity contribution in [3.05, 3.63) is 0 Å². The zero-order valence-electron chi connectivity index (χ0n) is 8.27. The molecule has 0 amide bonds. The van der Waals surface area contributed by atoms with Crippen LogP contribution in [0.1, 0.15) is 33.6 Å². The van der Waals surface area contributed by atoms with Crippen LogP contribution < -0.4 is 0 Å². The lowest BCUT2D eigenvalue weighted by Crippen LogP contribution is -2.27. The number of esters is 1. The van der Waals surface area contributed by atoms with Crippen LogP contribution in [0.25, 0.3) is 0 Å². The van der Waals surface area contributed by atoms with Crippen molar-refractivity contribution in [1.29, 1.82) is 0 Å². The molecule has 0 bridgehead atoms. The minimum atomic E-state index is -1.06. The summed E-state index contributed by atoms with van der Waals surface area (Å²) in [6, 6.07) is 0. The van der Waals surface area contributed by atoms with Gasteiger partial charge in [0, 0.05) is 6.42 Å². The van der Waals surface area contributed by atoms with E-state index in [1.54, 1.807) is 6.92 Å². The van der Waals surface area contributed by atoms with E-state index in [1.807, 2.05) is 0 Å². The quantitative estimate of drug-likeness (QED) is 0.532. The second-order valence-corrected chi connectivity index (χ2v) is 4.71. The van der Waals surface area contributed by atoms with Crippen molar-refractivity contribution in [2.45, 2.75) is 38.7 Å². The maximum atomic E-state index is 11.2. The Balaban J connectivity index is 3.74. The lowest BCUT2D eigenvalue weighted by atomic mass is 10.1. The van der Waals surface area contributed by atoms with Crippen LogP contribution in [-0.2, 0) is 9.53 Å². The fourth-order valence-electron chi connectivity index (χ4n) is 0.722. The summed E-state index contributed by atoms with van der Waals surface area (Å²) in [4.78, 5) is 11.2. The van der Waals surface area contributed by atoms with Crippen LogP contribution in [0.4, 0.5) is 0 Å². The lowest BCUT2D eigenvalue weighted by molar-refractivity contribution is -0.150. The number of hydrogen-bond donors (Lipinski definition) is 0. The third-order valence-electron chi connectivity index (χ3n) is 1.49. The van der Waals surface area contributed by atoms with Crippen molar-refractivity contribution in [2.75, 3.05) is 5.88 Å². The average Bonchev–Trinajstić information content (AvgIpc) is 2.00. The van der Waals surface area contributed by atoms with Gasteiger partial charge in [-0.15, -0.1) is 11.6 Å². The molecule has 0 heterocycles. The highest BCUT2D eigenvalue weighted by molar-refractivity contribution is 6.30. The molecule has 0 saturated carbocycles. The smallest absolute Gasteiger partial charge is 0.307 e. The Hall–Kier alpha value is 0.0500. The van der Waals surface area contributed by atoms with Crippen LogP contribution in [0.2, 0.25) is 0 Å². The van der Waals surface area contributed by atoms with E-state index >= 15 is 0 Å². The predicted octanol–water partition coefficient (Wildman–Crippen LogP) is 3.16. The molecule has 4 heteroatoms. The van der Waals surface area contributed by atoms with Crippen molar-refractivity contribution >= 4 is 29.2 Å². The molecule has 0 spiro atoms. The molecule has 2 nitrogen and oxygen atoms in total. The maximum Gasteiger partial charge on any atom is 0.307 e. The van der Waals surface area contributed by atoms with Crippen molar-refractivity contribution in [3.8, 4) is 0 Å². The van der Waals surface area contributed by atoms with Gasteiger partial charge in [0.25, 0.3) is 0 Å². The van der Waals surface area contributed by atoms with Gasteiger partial charge in [-0.25, -0.2) is 0 Å². The molecule has 0 aliphatic heterocycles. The number of carbonyl (C=O) groups is 1. The first-order valence-electron chi connectivity index (χ1n) is 4.34. The fraction of sp³-hybridized carbons (Fsp3) is 0.889. The molecule has 1 unspecified atom stereocenters. The van der Waals surface area contributed by atoms with Gasteiger partial charge in [-0.05, 0) is 19.3 Å². The molecule has 0 aromatic rings. The number of ether oxygens (including phenoxy) is 1. The molecule has 1 atom stereocenters. The summed E-state index contributed by atoms with van der Waals surface area (Å²) < 4.78 is 4.93. The molecular weight excluding hydrogens is 211 g/mol. The topological polar surface area (TPSA) is 26.3 Å². The summed E-state index contributed by atoms with van der Waals surface area (Å²) >= 11 is 11.2. The molecule has 0 aromatic carbocycles. The van der Waals surface area contributed by atoms with E-state index in [1.165, 1.54) is 0 Å². The highest BCUT2D eigenvalue weighted by Gasteiger charge is 2.24. The third-order valence-corrected chi connectivity index (χ3v) is 2.35. The highest BCUT2D eigenvalue weighted by atomic mass is 35.5. The summed E-state index contributed by atoms with van der Waals surface area (Å²) in [5.41, 5.74) is 0. The van der Waals surface area contributed by atoms with Crippen molar-refractivity contribution in [3.63, 3.8) is 0 Å². The van der Waals surface area contributed by atoms with Crippen molar-refractivity contribution in [2.24, 2.45) is 5.92 Å². The molecule has 0 radical (unpaired) electrons. The maximum absolute atomic E-state index is 11.2. The van der Waals surface area contributed by atoms with Gasteiger partial charge >= 0.3 is 5.97 Å². The molecule has 0 aromatic heterocycles. The van der Waals surface area contributed by atoms with Crippen LogP contribution >= 0.6 is 23.2 Å². The Labute approximate surface area is 89.5 Å². The molecule has 0 aliphatic rings. The predicted molar refractivity (Wildman–Crippen MR) is 55.1 cm³/mol. The summed E-state index contributed by atoms with van der Waals surface area (Å²) in [7, 11) is 0. The Bertz CT molecular complexity index is 167. The summed E-state index contributed by atoms with van der Waals surface area (Å²) in [6.45, 7) is 5.68. The normalized spacial score (nSPS) is 15.5. The zero-order valence-corrected chi connectivity index (χ0v) is 9.78. The molecule has 78 valence electrons. The Morgan fingerprint density at radius 3 is 2.46 bits per heavy atom. The Kier molecular flexibility index (Phi) is 5.73. The van der Waals surface area contributed by atoms with E-state index in [9.17, 15) is 4.79 Å². The highest BCUT2D eigenvalue weighted by Crippen LogP contribution is 2.19. The summed E-state index contributed by atoms with van der Waals surface area (Å²) in [6.07, 6.45) is 1.21. The van der Waals surface area contributed by atoms with Gasteiger partial charge < -0.3 is 4.74 Å². The largest absolute Gasteiger partial charge is 0.442 e. The zero-order chi connectivity index (χ0) is 10.5. The fourth-order valence-corrected chi connectivity index (χ4v) is 0.863. The van der Waals surface area contributed by atoms with Crippen LogP contribution in [0, 0.1) is 5.92 Å². The first-order valence-corrected chi connectivity index (χ1v) is 5.25. The van der Waals surface area contributed by atoms with Gasteiger partial charge in [0.05, 0.1) is 5.88 Å². The standard InChI is InChI=1S/C9H16Cl2O2/c1-7(2)4-5-8(12)13-9(3,11)6-10/h7H,4-6H2,1-3H3. The van der Waals surface area contributed by atoms with Gasteiger partial charge in [0.15, 0.2) is 5.06 Å². The van der Waals surface area contributed by atoms with E-state index < -0.39 is 5.06 Å². The van der Waals surface area contributed by atoms with Gasteiger partial charge in [-0.3, -0.25) is 4.79 Å². The van der Waals surface area contributed by atoms with Gasteiger partial charge in [-0.1, -0.05) is 25.4 Å². The second kappa shape index (κ2) is 5.71. The van der Waals surface area contributed by atoms with Gasteiger partial charge in [0.1, 0.15) is 0 Å². The first kappa shape index (κ1) is 13.1. The molecule has 0 aliphatic carbocycles. The minimum absolute atomic E-state index is 0.0992. The molecule has 13 heavy (non-hydrogen) atoms. The lowest BCUT2D eigenvalue weighted by Gasteiger charge is -2.19. The molecular formula is C9H16Cl2O2. The number of hydrogen-bond acceptors (Lipinski definition) is 2. The van der Waals surface area contributed by atoms with E-state index in [0.717, 1.165) is 6.42 Å². The molecule has 0 N–H and O–H groups in total. The van der Waals surface area contributed by atoms with Crippen LogP contribution in [0.3, 0.4) is 0 Å². The SMILES string of the molecule is CC(C)CCC(=O)OC(C)(Cl)CCl. The number of halogens is 2. The van der Waals surface area contributed by atoms with E-state index in [4.69, 9.17) is 27.9 Å². The molecule has 0 saturated heterocycles. The van der Waals surface area contributed by atoms with Gasteiger partial charge in [0.2, 0.25) is 0 Å². The average molecular weight is 227 g/mol. The minimum Gasteiger partial charge on any atom is -0.442 e. The summed E-state index contributed by atoms with van der Waals surface area (Å²) in [5.74, 6) is 0.305. The van der Waals surface area contributed by atoms with E-state index in [2.05, 4.69) is 13.8 Å². The van der Waals surface area contributed by atoms with Crippen LogP contribution in [0.15, 0.2) is 0 Å². The number of rotatable bonds is 5. The van der Waals surface area contributed by atoms with Crippen molar-refractivity contribution in [1.82, 2.24) is 0 Å². The second-order valence-electron chi connectivity index (χ2n) is 3.64. The Morgan fingerprint density at radius 1 is 1.54 bits per heavy atom. The van der Waals surface area contributed by atoms with Crippen LogP contribution in [-0.4, -0.2) is 16.9 Å². The Morgan fingerprint density at radius 2 is 2.08 bits per heavy atom. The number of carbonyl (C=O) groups excluding carboxylic acids is 1. The molecule has 0 fully saturated rings. The summed E-state index contributed by atoms with van der Waals surface area (Å²) in [5, 5.41) is -1.06. The van der Waals surface area contributed by atoms with Crippen LogP contribution in [0.5, 0.6) is 0 Å². The van der Waals surface area contributed by atoms with E-state index in [0.29, 0.717) is 12.3 Å². The third kappa shape index (κ3) is 7.15. The van der Waals surface area contributed by atoms with Gasteiger partial charge in [-0.2, -0.15) is 0 Å². The monoisotopic (exact) mass is 226 g/mol. The van der Waals surface area contributed by atoms with Crippen molar-refractivity contribution < 1.29 is 9.53 Å². The van der Waals surface area contributed by atoms with E-state index in [-0.39, 0.29) is 11.8 Å². The first-order chi connectivity index (χ1) is 5.87. The number of alkyl halides is 2.